The molecule has 1 atom stereocenters. The molecule has 0 aliphatic heterocycles. The highest BCUT2D eigenvalue weighted by molar-refractivity contribution is 5.89. The predicted molar refractivity (Wildman–Crippen MR) is 94.0 cm³/mol. The van der Waals surface area contributed by atoms with E-state index in [4.69, 9.17) is 5.11 Å². The molecular formula is C18H23N3O4. The van der Waals surface area contributed by atoms with Gasteiger partial charge in [0.25, 0.3) is 0 Å². The number of nitrogens with one attached hydrogen (secondary N) is 3. The van der Waals surface area contributed by atoms with Crippen LogP contribution in [0.1, 0.15) is 26.3 Å². The van der Waals surface area contributed by atoms with Crippen molar-refractivity contribution in [1.29, 1.82) is 0 Å². The Morgan fingerprint density at radius 3 is 2.56 bits per heavy atom. The molecular weight excluding hydrogens is 322 g/mol. The summed E-state index contributed by atoms with van der Waals surface area (Å²) >= 11 is 0. The lowest BCUT2D eigenvalue weighted by Gasteiger charge is -2.22. The van der Waals surface area contributed by atoms with E-state index in [0.29, 0.717) is 6.42 Å². The van der Waals surface area contributed by atoms with E-state index in [1.165, 1.54) is 20.8 Å². The van der Waals surface area contributed by atoms with Crippen molar-refractivity contribution < 1.29 is 19.5 Å². The maximum atomic E-state index is 12.5. The number of rotatable bonds is 7. The first-order chi connectivity index (χ1) is 11.7. The molecule has 1 heterocycles. The maximum absolute atomic E-state index is 12.5. The van der Waals surface area contributed by atoms with Crippen LogP contribution in [-0.4, -0.2) is 40.5 Å². The molecule has 0 fully saturated rings. The van der Waals surface area contributed by atoms with E-state index in [1.54, 1.807) is 0 Å². The number of carbonyl (C=O) groups excluding carboxylic acids is 2. The number of aromatic nitrogens is 1. The van der Waals surface area contributed by atoms with Crippen molar-refractivity contribution >= 4 is 28.7 Å². The van der Waals surface area contributed by atoms with E-state index in [-0.39, 0.29) is 12.5 Å². The molecule has 0 saturated carbocycles. The predicted octanol–water partition coefficient (Wildman–Crippen LogP) is 1.44. The standard InChI is InChI=1S/C18H23N3O4/c1-11(22)21-15(16(23)20-10-18(2,3)17(24)25)8-12-9-19-14-7-5-4-6-13(12)14/h4-7,9,15,19H,8,10H2,1-3H3,(H,20,23)(H,21,22)(H,24,25). The van der Waals surface area contributed by atoms with Crippen LogP contribution in [0.3, 0.4) is 0 Å². The molecule has 25 heavy (non-hydrogen) atoms. The molecule has 0 saturated heterocycles. The minimum absolute atomic E-state index is 0.0227. The van der Waals surface area contributed by atoms with E-state index >= 15 is 0 Å². The van der Waals surface area contributed by atoms with Crippen LogP contribution < -0.4 is 10.6 Å². The summed E-state index contributed by atoms with van der Waals surface area (Å²) in [5.41, 5.74) is 0.769. The highest BCUT2D eigenvalue weighted by atomic mass is 16.4. The lowest BCUT2D eigenvalue weighted by molar-refractivity contribution is -0.147. The second-order valence-electron chi connectivity index (χ2n) is 6.72. The molecule has 1 aromatic heterocycles. The second-order valence-corrected chi connectivity index (χ2v) is 6.72. The molecule has 0 spiro atoms. The SMILES string of the molecule is CC(=O)NC(Cc1c[nH]c2ccccc12)C(=O)NCC(C)(C)C(=O)O. The number of hydrogen-bond acceptors (Lipinski definition) is 3. The van der Waals surface area contributed by atoms with Crippen LogP contribution in [0.4, 0.5) is 0 Å². The largest absolute Gasteiger partial charge is 0.481 e. The Labute approximate surface area is 145 Å². The van der Waals surface area contributed by atoms with Gasteiger partial charge in [-0.15, -0.1) is 0 Å². The van der Waals surface area contributed by atoms with Gasteiger partial charge in [-0.25, -0.2) is 0 Å². The molecule has 134 valence electrons. The number of para-hydroxylation sites is 1. The Balaban J connectivity index is 2.14. The molecule has 7 nitrogen and oxygen atoms in total. The number of carbonyl (C=O) groups is 3. The van der Waals surface area contributed by atoms with Gasteiger partial charge >= 0.3 is 5.97 Å². The number of carboxylic acid groups (broad SMARTS) is 1. The molecule has 0 bridgehead atoms. The molecule has 0 aliphatic carbocycles. The summed E-state index contributed by atoms with van der Waals surface area (Å²) in [4.78, 5) is 38.2. The quantitative estimate of drug-likeness (QED) is 0.608. The van der Waals surface area contributed by atoms with Crippen molar-refractivity contribution in [2.75, 3.05) is 6.54 Å². The number of hydrogen-bond donors (Lipinski definition) is 4. The first kappa shape index (κ1) is 18.5. The molecule has 2 rings (SSSR count). The number of aliphatic carboxylic acids is 1. The normalized spacial score (nSPS) is 12.6. The van der Waals surface area contributed by atoms with Gasteiger partial charge in [-0.2, -0.15) is 0 Å². The van der Waals surface area contributed by atoms with Crippen LogP contribution in [-0.2, 0) is 20.8 Å². The molecule has 1 aromatic carbocycles. The minimum Gasteiger partial charge on any atom is -0.481 e. The fourth-order valence-corrected chi connectivity index (χ4v) is 2.48. The minimum atomic E-state index is -1.09. The summed E-state index contributed by atoms with van der Waals surface area (Å²) in [7, 11) is 0. The summed E-state index contributed by atoms with van der Waals surface area (Å²) in [5.74, 6) is -1.73. The van der Waals surface area contributed by atoms with Crippen molar-refractivity contribution in [3.63, 3.8) is 0 Å². The maximum Gasteiger partial charge on any atom is 0.310 e. The van der Waals surface area contributed by atoms with E-state index in [2.05, 4.69) is 15.6 Å². The van der Waals surface area contributed by atoms with Gasteiger partial charge < -0.3 is 20.7 Å². The van der Waals surface area contributed by atoms with E-state index < -0.39 is 23.3 Å². The first-order valence-electron chi connectivity index (χ1n) is 8.04. The number of amides is 2. The van der Waals surface area contributed by atoms with E-state index in [1.807, 2.05) is 30.5 Å². The monoisotopic (exact) mass is 345 g/mol. The van der Waals surface area contributed by atoms with Crippen molar-refractivity contribution in [3.05, 3.63) is 36.0 Å². The van der Waals surface area contributed by atoms with Crippen molar-refractivity contribution in [1.82, 2.24) is 15.6 Å². The number of carboxylic acids is 1. The van der Waals surface area contributed by atoms with Gasteiger partial charge in [-0.1, -0.05) is 18.2 Å². The average molecular weight is 345 g/mol. The van der Waals surface area contributed by atoms with Gasteiger partial charge in [0, 0.05) is 37.0 Å². The van der Waals surface area contributed by atoms with Crippen LogP contribution in [0.2, 0.25) is 0 Å². The molecule has 2 amide bonds. The lowest BCUT2D eigenvalue weighted by atomic mass is 9.93. The van der Waals surface area contributed by atoms with Gasteiger partial charge in [0.2, 0.25) is 11.8 Å². The first-order valence-corrected chi connectivity index (χ1v) is 8.04. The lowest BCUT2D eigenvalue weighted by Crippen LogP contribution is -2.50. The second kappa shape index (κ2) is 7.38. The van der Waals surface area contributed by atoms with Crippen LogP contribution in [0.25, 0.3) is 10.9 Å². The summed E-state index contributed by atoms with van der Waals surface area (Å²) in [6.45, 7) is 4.38. The third-order valence-electron chi connectivity index (χ3n) is 4.08. The Kier molecular flexibility index (Phi) is 5.46. The topological polar surface area (TPSA) is 111 Å². The highest BCUT2D eigenvalue weighted by Crippen LogP contribution is 2.19. The zero-order valence-electron chi connectivity index (χ0n) is 14.6. The van der Waals surface area contributed by atoms with Gasteiger partial charge in [0.05, 0.1) is 5.41 Å². The van der Waals surface area contributed by atoms with Crippen LogP contribution in [0, 0.1) is 5.41 Å². The van der Waals surface area contributed by atoms with Crippen LogP contribution in [0.5, 0.6) is 0 Å². The van der Waals surface area contributed by atoms with Gasteiger partial charge in [-0.3, -0.25) is 14.4 Å². The average Bonchev–Trinajstić information content (AvgIpc) is 2.95. The van der Waals surface area contributed by atoms with Crippen molar-refractivity contribution in [2.45, 2.75) is 33.2 Å². The Bertz CT molecular complexity index is 794. The Morgan fingerprint density at radius 2 is 1.92 bits per heavy atom. The van der Waals surface area contributed by atoms with Gasteiger partial charge in [0.15, 0.2) is 0 Å². The van der Waals surface area contributed by atoms with E-state index in [0.717, 1.165) is 16.5 Å². The number of aromatic amines is 1. The molecule has 2 aromatic rings. The molecule has 4 N–H and O–H groups in total. The van der Waals surface area contributed by atoms with E-state index in [9.17, 15) is 14.4 Å². The van der Waals surface area contributed by atoms with Gasteiger partial charge in [0.1, 0.15) is 6.04 Å². The fourth-order valence-electron chi connectivity index (χ4n) is 2.48. The summed E-state index contributed by atoms with van der Waals surface area (Å²) in [5, 5.41) is 15.4. The third-order valence-corrected chi connectivity index (χ3v) is 4.08. The summed E-state index contributed by atoms with van der Waals surface area (Å²) in [6, 6.07) is 6.91. The Hall–Kier alpha value is -2.83. The van der Waals surface area contributed by atoms with Crippen LogP contribution in [0.15, 0.2) is 30.5 Å². The van der Waals surface area contributed by atoms with Crippen molar-refractivity contribution in [2.24, 2.45) is 5.41 Å². The zero-order valence-corrected chi connectivity index (χ0v) is 14.6. The van der Waals surface area contributed by atoms with Crippen molar-refractivity contribution in [3.8, 4) is 0 Å². The number of fused-ring (bicyclic) bond motifs is 1. The molecule has 0 aliphatic rings. The third kappa shape index (κ3) is 4.59. The molecule has 7 heteroatoms. The summed E-state index contributed by atoms with van der Waals surface area (Å²) < 4.78 is 0. The molecule has 0 radical (unpaired) electrons. The number of benzene rings is 1. The smallest absolute Gasteiger partial charge is 0.310 e. The fraction of sp³-hybridized carbons (Fsp3) is 0.389. The van der Waals surface area contributed by atoms with Crippen LogP contribution >= 0.6 is 0 Å². The number of H-pyrrole nitrogens is 1. The zero-order chi connectivity index (χ0) is 18.6. The highest BCUT2D eigenvalue weighted by Gasteiger charge is 2.29. The molecule has 1 unspecified atom stereocenters. The van der Waals surface area contributed by atoms with Gasteiger partial charge in [-0.05, 0) is 25.5 Å². The Morgan fingerprint density at radius 1 is 1.24 bits per heavy atom. The summed E-state index contributed by atoms with van der Waals surface area (Å²) in [6.07, 6.45) is 2.12.